The van der Waals surface area contributed by atoms with E-state index in [1.165, 1.54) is 6.08 Å². The van der Waals surface area contributed by atoms with E-state index < -0.39 is 0 Å². The van der Waals surface area contributed by atoms with Crippen molar-refractivity contribution in [1.29, 1.82) is 5.26 Å². The van der Waals surface area contributed by atoms with Crippen molar-refractivity contribution in [3.8, 4) is 6.07 Å². The highest BCUT2D eigenvalue weighted by Crippen LogP contribution is 2.25. The molecule has 0 aromatic heterocycles. The predicted molar refractivity (Wildman–Crippen MR) is 64.1 cm³/mol. The Morgan fingerprint density at radius 3 is 2.69 bits per heavy atom. The number of carbonyl (C=O) groups is 1. The van der Waals surface area contributed by atoms with Gasteiger partial charge in [-0.2, -0.15) is 5.26 Å². The molecule has 0 radical (unpaired) electrons. The van der Waals surface area contributed by atoms with Crippen molar-refractivity contribution in [3.05, 3.63) is 40.4 Å². The van der Waals surface area contributed by atoms with Gasteiger partial charge >= 0.3 is 0 Å². The summed E-state index contributed by atoms with van der Waals surface area (Å²) in [7, 11) is 3.63. The number of benzene rings is 1. The molecular weight excluding hydrogens is 224 g/mol. The third-order valence-corrected chi connectivity index (χ3v) is 2.42. The molecule has 0 heterocycles. The molecule has 3 nitrogen and oxygen atoms in total. The number of hydrogen-bond donors (Lipinski definition) is 0. The zero-order valence-electron chi connectivity index (χ0n) is 9.07. The maximum absolute atomic E-state index is 10.7. The number of nitriles is 1. The normalized spacial score (nSPS) is 10.8. The van der Waals surface area contributed by atoms with E-state index in [4.69, 9.17) is 16.9 Å². The molecule has 1 aromatic carbocycles. The lowest BCUT2D eigenvalue weighted by molar-refractivity contribution is 0.112. The van der Waals surface area contributed by atoms with Crippen LogP contribution in [0.4, 0.5) is 0 Å². The third kappa shape index (κ3) is 2.62. The summed E-state index contributed by atoms with van der Waals surface area (Å²) in [5.41, 5.74) is 1.89. The molecule has 16 heavy (non-hydrogen) atoms. The van der Waals surface area contributed by atoms with Crippen LogP contribution in [0.5, 0.6) is 0 Å². The summed E-state index contributed by atoms with van der Waals surface area (Å²) < 4.78 is 0. The third-order valence-electron chi connectivity index (χ3n) is 2.09. The minimum atomic E-state index is 0.515. The van der Waals surface area contributed by atoms with Crippen LogP contribution in [0.25, 0.3) is 5.70 Å². The summed E-state index contributed by atoms with van der Waals surface area (Å²) in [6.07, 6.45) is 2.15. The summed E-state index contributed by atoms with van der Waals surface area (Å²) >= 11 is 6.03. The van der Waals surface area contributed by atoms with Gasteiger partial charge in [0, 0.05) is 36.3 Å². The van der Waals surface area contributed by atoms with Gasteiger partial charge in [0.05, 0.1) is 11.8 Å². The number of rotatable bonds is 3. The first-order valence-electron chi connectivity index (χ1n) is 4.62. The van der Waals surface area contributed by atoms with Crippen molar-refractivity contribution in [1.82, 2.24) is 4.90 Å². The highest BCUT2D eigenvalue weighted by Gasteiger charge is 2.09. The van der Waals surface area contributed by atoms with Gasteiger partial charge in [-0.1, -0.05) is 17.7 Å². The van der Waals surface area contributed by atoms with Crippen LogP contribution in [0.3, 0.4) is 0 Å². The summed E-state index contributed by atoms with van der Waals surface area (Å²) in [4.78, 5) is 12.5. The lowest BCUT2D eigenvalue weighted by Crippen LogP contribution is -2.10. The van der Waals surface area contributed by atoms with Crippen molar-refractivity contribution in [3.63, 3.8) is 0 Å². The molecule has 0 amide bonds. The first kappa shape index (κ1) is 12.3. The number of carbonyl (C=O) groups excluding carboxylic acids is 1. The van der Waals surface area contributed by atoms with E-state index >= 15 is 0 Å². The molecule has 1 aromatic rings. The summed E-state index contributed by atoms with van der Waals surface area (Å²) in [6.45, 7) is 0. The molecule has 0 aliphatic heterocycles. The van der Waals surface area contributed by atoms with Crippen LogP contribution in [0, 0.1) is 11.3 Å². The first-order valence-corrected chi connectivity index (χ1v) is 5.00. The van der Waals surface area contributed by atoms with Crippen LogP contribution >= 0.6 is 11.6 Å². The van der Waals surface area contributed by atoms with Crippen LogP contribution in [0.1, 0.15) is 15.9 Å². The zero-order valence-corrected chi connectivity index (χ0v) is 9.82. The molecule has 0 fully saturated rings. The topological polar surface area (TPSA) is 44.1 Å². The van der Waals surface area contributed by atoms with Gasteiger partial charge in [-0.3, -0.25) is 4.79 Å². The molecular formula is C12H11ClN2O. The fourth-order valence-electron chi connectivity index (χ4n) is 1.32. The number of allylic oxidation sites excluding steroid dienone is 1. The molecule has 0 bridgehead atoms. The fraction of sp³-hybridized carbons (Fsp3) is 0.167. The Hall–Kier alpha value is -1.79. The second-order valence-electron chi connectivity index (χ2n) is 3.41. The SMILES string of the molecule is CN(C)C(=CC#N)c1cc(C=O)ccc1Cl. The average molecular weight is 235 g/mol. The highest BCUT2D eigenvalue weighted by atomic mass is 35.5. The molecule has 0 saturated heterocycles. The molecule has 0 atom stereocenters. The second-order valence-corrected chi connectivity index (χ2v) is 3.82. The van der Waals surface area contributed by atoms with Gasteiger partial charge in [0.1, 0.15) is 6.29 Å². The zero-order chi connectivity index (χ0) is 12.1. The van der Waals surface area contributed by atoms with E-state index in [9.17, 15) is 4.79 Å². The van der Waals surface area contributed by atoms with Crippen LogP contribution in [0.2, 0.25) is 5.02 Å². The first-order chi connectivity index (χ1) is 7.60. The van der Waals surface area contributed by atoms with Gasteiger partial charge in [-0.15, -0.1) is 0 Å². The lowest BCUT2D eigenvalue weighted by Gasteiger charge is -2.17. The summed E-state index contributed by atoms with van der Waals surface area (Å²) in [5, 5.41) is 9.21. The van der Waals surface area contributed by atoms with Gasteiger partial charge < -0.3 is 4.90 Å². The molecule has 0 unspecified atom stereocenters. The van der Waals surface area contributed by atoms with Crippen LogP contribution in [-0.2, 0) is 0 Å². The van der Waals surface area contributed by atoms with E-state index in [2.05, 4.69) is 0 Å². The maximum atomic E-state index is 10.7. The molecule has 82 valence electrons. The fourth-order valence-corrected chi connectivity index (χ4v) is 1.54. The molecule has 0 aliphatic rings. The van der Waals surface area contributed by atoms with Crippen molar-refractivity contribution >= 4 is 23.6 Å². The molecule has 0 spiro atoms. The van der Waals surface area contributed by atoms with Crippen LogP contribution in [0.15, 0.2) is 24.3 Å². The van der Waals surface area contributed by atoms with Crippen molar-refractivity contribution in [2.75, 3.05) is 14.1 Å². The van der Waals surface area contributed by atoms with Gasteiger partial charge in [0.25, 0.3) is 0 Å². The number of hydrogen-bond acceptors (Lipinski definition) is 3. The molecule has 0 N–H and O–H groups in total. The van der Waals surface area contributed by atoms with E-state index in [1.807, 2.05) is 20.2 Å². The lowest BCUT2D eigenvalue weighted by atomic mass is 10.1. The molecule has 0 saturated carbocycles. The quantitative estimate of drug-likeness (QED) is 0.597. The van der Waals surface area contributed by atoms with Gasteiger partial charge in [-0.25, -0.2) is 0 Å². The second kappa shape index (κ2) is 5.34. The van der Waals surface area contributed by atoms with E-state index in [1.54, 1.807) is 23.1 Å². The van der Waals surface area contributed by atoms with E-state index in [-0.39, 0.29) is 0 Å². The van der Waals surface area contributed by atoms with Crippen LogP contribution < -0.4 is 0 Å². The minimum absolute atomic E-state index is 0.515. The Morgan fingerprint density at radius 2 is 2.19 bits per heavy atom. The van der Waals surface area contributed by atoms with E-state index in [0.717, 1.165) is 6.29 Å². The van der Waals surface area contributed by atoms with E-state index in [0.29, 0.717) is 21.8 Å². The highest BCUT2D eigenvalue weighted by molar-refractivity contribution is 6.32. The Balaban J connectivity index is 3.35. The van der Waals surface area contributed by atoms with Crippen molar-refractivity contribution in [2.24, 2.45) is 0 Å². The predicted octanol–water partition coefficient (Wildman–Crippen LogP) is 2.58. The Morgan fingerprint density at radius 1 is 1.50 bits per heavy atom. The summed E-state index contributed by atoms with van der Waals surface area (Å²) in [6, 6.07) is 6.91. The number of halogens is 1. The number of nitrogens with zero attached hydrogens (tertiary/aromatic N) is 2. The summed E-state index contributed by atoms with van der Waals surface area (Å²) in [5.74, 6) is 0. The smallest absolute Gasteiger partial charge is 0.150 e. The van der Waals surface area contributed by atoms with Crippen LogP contribution in [-0.4, -0.2) is 25.3 Å². The monoisotopic (exact) mass is 234 g/mol. The molecule has 1 rings (SSSR count). The Bertz CT molecular complexity index is 472. The van der Waals surface area contributed by atoms with Crippen molar-refractivity contribution in [2.45, 2.75) is 0 Å². The molecule has 4 heteroatoms. The van der Waals surface area contributed by atoms with Gasteiger partial charge in [-0.05, 0) is 12.1 Å². The Labute approximate surface area is 99.5 Å². The van der Waals surface area contributed by atoms with Crippen molar-refractivity contribution < 1.29 is 4.79 Å². The molecule has 0 aliphatic carbocycles. The number of aldehydes is 1. The van der Waals surface area contributed by atoms with Gasteiger partial charge in [0.15, 0.2) is 0 Å². The largest absolute Gasteiger partial charge is 0.377 e. The van der Waals surface area contributed by atoms with Gasteiger partial charge in [0.2, 0.25) is 0 Å². The Kier molecular flexibility index (Phi) is 4.10. The maximum Gasteiger partial charge on any atom is 0.150 e. The minimum Gasteiger partial charge on any atom is -0.377 e. The standard InChI is InChI=1S/C12H11ClN2O/c1-15(2)12(5-6-14)10-7-9(8-16)3-4-11(10)13/h3-5,7-8H,1-2H3. The average Bonchev–Trinajstić information content (AvgIpc) is 2.27.